The van der Waals surface area contributed by atoms with Crippen LogP contribution in [0.3, 0.4) is 0 Å². The fraction of sp³-hybridized carbons (Fsp3) is 0.667. The van der Waals surface area contributed by atoms with Crippen molar-refractivity contribution in [2.75, 3.05) is 13.2 Å². The van der Waals surface area contributed by atoms with E-state index in [2.05, 4.69) is 5.10 Å². The molecule has 1 fully saturated rings. The van der Waals surface area contributed by atoms with Gasteiger partial charge in [0.1, 0.15) is 5.69 Å². The van der Waals surface area contributed by atoms with Gasteiger partial charge in [-0.3, -0.25) is 4.68 Å². The van der Waals surface area contributed by atoms with Crippen molar-refractivity contribution < 1.29 is 19.4 Å². The lowest BCUT2D eigenvalue weighted by atomic mass is 10.2. The Labute approximate surface area is 106 Å². The van der Waals surface area contributed by atoms with E-state index in [1.165, 1.54) is 16.9 Å². The molecule has 0 aromatic carbocycles. The predicted molar refractivity (Wildman–Crippen MR) is 63.3 cm³/mol. The van der Waals surface area contributed by atoms with Crippen LogP contribution in [-0.2, 0) is 16.0 Å². The third-order valence-electron chi connectivity index (χ3n) is 2.89. The Bertz CT molecular complexity index is 385. The molecule has 1 saturated heterocycles. The van der Waals surface area contributed by atoms with Crippen LogP contribution in [0.2, 0.25) is 0 Å². The molecule has 18 heavy (non-hydrogen) atoms. The molecule has 6 heteroatoms. The number of aromatic nitrogens is 2. The summed E-state index contributed by atoms with van der Waals surface area (Å²) in [7, 11) is 0. The molecule has 0 aliphatic carbocycles. The molecule has 2 heterocycles. The molecular formula is C12H18N2O4. The lowest BCUT2D eigenvalue weighted by Crippen LogP contribution is -2.23. The first-order valence-corrected chi connectivity index (χ1v) is 6.25. The molecule has 1 aromatic rings. The van der Waals surface area contributed by atoms with Gasteiger partial charge in [0.25, 0.3) is 0 Å². The van der Waals surface area contributed by atoms with Crippen molar-refractivity contribution >= 4 is 5.97 Å². The number of carboxylic acids is 1. The van der Waals surface area contributed by atoms with Gasteiger partial charge in [0.15, 0.2) is 6.29 Å². The van der Waals surface area contributed by atoms with Gasteiger partial charge in [-0.2, -0.15) is 5.10 Å². The molecule has 1 aliphatic heterocycles. The van der Waals surface area contributed by atoms with Gasteiger partial charge in [-0.1, -0.05) is 0 Å². The van der Waals surface area contributed by atoms with Crippen LogP contribution in [-0.4, -0.2) is 40.4 Å². The van der Waals surface area contributed by atoms with Crippen molar-refractivity contribution in [2.24, 2.45) is 0 Å². The zero-order chi connectivity index (χ0) is 12.8. The van der Waals surface area contributed by atoms with Gasteiger partial charge in [-0.25, -0.2) is 4.79 Å². The Morgan fingerprint density at radius 1 is 1.61 bits per heavy atom. The van der Waals surface area contributed by atoms with E-state index in [1.807, 2.05) is 0 Å². The summed E-state index contributed by atoms with van der Waals surface area (Å²) in [6, 6.07) is 1.49. The zero-order valence-electron chi connectivity index (χ0n) is 10.2. The van der Waals surface area contributed by atoms with Gasteiger partial charge < -0.3 is 14.6 Å². The average molecular weight is 254 g/mol. The van der Waals surface area contributed by atoms with E-state index in [9.17, 15) is 4.79 Å². The first kappa shape index (κ1) is 13.0. The second-order valence-corrected chi connectivity index (χ2v) is 4.27. The average Bonchev–Trinajstić information content (AvgIpc) is 2.84. The molecule has 1 aromatic heterocycles. The molecule has 100 valence electrons. The number of hydrogen-bond donors (Lipinski definition) is 1. The summed E-state index contributed by atoms with van der Waals surface area (Å²) in [5.74, 6) is -0.955. The fourth-order valence-electron chi connectivity index (χ4n) is 1.96. The van der Waals surface area contributed by atoms with E-state index in [0.29, 0.717) is 13.2 Å². The highest BCUT2D eigenvalue weighted by atomic mass is 16.7. The summed E-state index contributed by atoms with van der Waals surface area (Å²) < 4.78 is 12.5. The Hall–Kier alpha value is -1.40. The summed E-state index contributed by atoms with van der Waals surface area (Å²) >= 11 is 0. The standard InChI is InChI=1S/C12H18N2O4/c15-12(16)10-5-6-13-14(10)7-3-9-18-11-4-1-2-8-17-11/h5-6,11H,1-4,7-9H2,(H,15,16). The molecule has 0 radical (unpaired) electrons. The highest BCUT2D eigenvalue weighted by Crippen LogP contribution is 2.13. The number of hydrogen-bond acceptors (Lipinski definition) is 4. The Morgan fingerprint density at radius 3 is 3.22 bits per heavy atom. The zero-order valence-corrected chi connectivity index (χ0v) is 10.2. The molecule has 0 spiro atoms. The Morgan fingerprint density at radius 2 is 2.50 bits per heavy atom. The van der Waals surface area contributed by atoms with Crippen molar-refractivity contribution in [3.63, 3.8) is 0 Å². The first-order valence-electron chi connectivity index (χ1n) is 6.25. The minimum absolute atomic E-state index is 0.0877. The molecule has 1 unspecified atom stereocenters. The Balaban J connectivity index is 1.68. The lowest BCUT2D eigenvalue weighted by molar-refractivity contribution is -0.163. The maximum absolute atomic E-state index is 10.9. The largest absolute Gasteiger partial charge is 0.477 e. The molecule has 1 atom stereocenters. The monoisotopic (exact) mass is 254 g/mol. The van der Waals surface area contributed by atoms with Crippen molar-refractivity contribution in [1.82, 2.24) is 9.78 Å². The lowest BCUT2D eigenvalue weighted by Gasteiger charge is -2.22. The normalized spacial score (nSPS) is 19.9. The van der Waals surface area contributed by atoms with Crippen LogP contribution in [0.15, 0.2) is 12.3 Å². The van der Waals surface area contributed by atoms with E-state index in [-0.39, 0.29) is 12.0 Å². The smallest absolute Gasteiger partial charge is 0.354 e. The quantitative estimate of drug-likeness (QED) is 0.779. The topological polar surface area (TPSA) is 73.6 Å². The number of carboxylic acid groups (broad SMARTS) is 1. The van der Waals surface area contributed by atoms with Crippen molar-refractivity contribution in [1.29, 1.82) is 0 Å². The maximum Gasteiger partial charge on any atom is 0.354 e. The highest BCUT2D eigenvalue weighted by molar-refractivity contribution is 5.85. The third kappa shape index (κ3) is 3.54. The molecule has 6 nitrogen and oxygen atoms in total. The minimum atomic E-state index is -0.955. The highest BCUT2D eigenvalue weighted by Gasteiger charge is 2.14. The fourth-order valence-corrected chi connectivity index (χ4v) is 1.96. The van der Waals surface area contributed by atoms with E-state index in [1.54, 1.807) is 0 Å². The summed E-state index contributed by atoms with van der Waals surface area (Å²) in [5, 5.41) is 12.9. The van der Waals surface area contributed by atoms with Crippen LogP contribution in [0.25, 0.3) is 0 Å². The third-order valence-corrected chi connectivity index (χ3v) is 2.89. The van der Waals surface area contributed by atoms with E-state index in [4.69, 9.17) is 14.6 Å². The van der Waals surface area contributed by atoms with Crippen LogP contribution >= 0.6 is 0 Å². The minimum Gasteiger partial charge on any atom is -0.477 e. The predicted octanol–water partition coefficient (Wildman–Crippen LogP) is 1.51. The van der Waals surface area contributed by atoms with Crippen LogP contribution in [0, 0.1) is 0 Å². The van der Waals surface area contributed by atoms with Gasteiger partial charge in [0.05, 0.1) is 6.61 Å². The van der Waals surface area contributed by atoms with Gasteiger partial charge in [-0.05, 0) is 31.7 Å². The molecular weight excluding hydrogens is 236 g/mol. The van der Waals surface area contributed by atoms with Gasteiger partial charge in [0.2, 0.25) is 0 Å². The molecule has 2 rings (SSSR count). The van der Waals surface area contributed by atoms with Gasteiger partial charge in [0, 0.05) is 19.3 Å². The molecule has 0 bridgehead atoms. The number of ether oxygens (including phenoxy) is 2. The maximum atomic E-state index is 10.9. The van der Waals surface area contributed by atoms with Crippen LogP contribution in [0.5, 0.6) is 0 Å². The molecule has 0 amide bonds. The molecule has 1 N–H and O–H groups in total. The van der Waals surface area contributed by atoms with Crippen molar-refractivity contribution in [3.05, 3.63) is 18.0 Å². The van der Waals surface area contributed by atoms with Crippen LogP contribution < -0.4 is 0 Å². The number of rotatable bonds is 6. The van der Waals surface area contributed by atoms with Crippen molar-refractivity contribution in [2.45, 2.75) is 38.5 Å². The SMILES string of the molecule is O=C(O)c1ccnn1CCCOC1CCCCO1. The number of carbonyl (C=O) groups is 1. The van der Waals surface area contributed by atoms with Crippen molar-refractivity contribution in [3.8, 4) is 0 Å². The van der Waals surface area contributed by atoms with E-state index < -0.39 is 5.97 Å². The number of aryl methyl sites for hydroxylation is 1. The van der Waals surface area contributed by atoms with E-state index in [0.717, 1.165) is 32.3 Å². The Kier molecular flexibility index (Phi) is 4.72. The van der Waals surface area contributed by atoms with Gasteiger partial charge >= 0.3 is 5.97 Å². The summed E-state index contributed by atoms with van der Waals surface area (Å²) in [5.41, 5.74) is 0.212. The number of aromatic carboxylic acids is 1. The van der Waals surface area contributed by atoms with Crippen LogP contribution in [0.1, 0.15) is 36.2 Å². The summed E-state index contributed by atoms with van der Waals surface area (Å²) in [6.45, 7) is 1.87. The summed E-state index contributed by atoms with van der Waals surface area (Å²) in [6.07, 6.45) is 5.33. The number of nitrogens with zero attached hydrogens (tertiary/aromatic N) is 2. The first-order chi connectivity index (χ1) is 8.77. The second-order valence-electron chi connectivity index (χ2n) is 4.27. The van der Waals surface area contributed by atoms with E-state index >= 15 is 0 Å². The second kappa shape index (κ2) is 6.51. The summed E-state index contributed by atoms with van der Waals surface area (Å²) in [4.78, 5) is 10.9. The molecule has 0 saturated carbocycles. The molecule has 1 aliphatic rings. The van der Waals surface area contributed by atoms with Gasteiger partial charge in [-0.15, -0.1) is 0 Å². The van der Waals surface area contributed by atoms with Crippen LogP contribution in [0.4, 0.5) is 0 Å².